The van der Waals surface area contributed by atoms with Gasteiger partial charge in [0.05, 0.1) is 10.9 Å². The second-order valence-electron chi connectivity index (χ2n) is 3.51. The Morgan fingerprint density at radius 2 is 2.38 bits per heavy atom. The van der Waals surface area contributed by atoms with Crippen molar-refractivity contribution in [2.75, 3.05) is 0 Å². The van der Waals surface area contributed by atoms with Gasteiger partial charge in [-0.3, -0.25) is 9.48 Å². The van der Waals surface area contributed by atoms with Gasteiger partial charge in [-0.25, -0.2) is 4.79 Å². The zero-order chi connectivity index (χ0) is 11.7. The molecule has 0 unspecified atom stereocenters. The summed E-state index contributed by atoms with van der Waals surface area (Å²) in [6.07, 6.45) is 2.53. The summed E-state index contributed by atoms with van der Waals surface area (Å²) in [4.78, 5) is 24.7. The van der Waals surface area contributed by atoms with Crippen molar-refractivity contribution in [1.29, 1.82) is 0 Å². The lowest BCUT2D eigenvalue weighted by Crippen LogP contribution is -2.09. The number of nitrogens with zero attached hydrogens (tertiary/aromatic N) is 2. The number of carbonyl (C=O) groups is 1. The molecule has 0 saturated heterocycles. The molecule has 2 heterocycles. The highest BCUT2D eigenvalue weighted by Crippen LogP contribution is 2.13. The molecule has 2 rings (SSSR count). The Kier molecular flexibility index (Phi) is 2.47. The number of fused-ring (bicyclic) bond motifs is 1. The zero-order valence-corrected chi connectivity index (χ0v) is 8.73. The molecule has 2 aromatic rings. The van der Waals surface area contributed by atoms with Crippen molar-refractivity contribution in [1.82, 2.24) is 14.8 Å². The van der Waals surface area contributed by atoms with Crippen LogP contribution in [0.2, 0.25) is 0 Å². The molecule has 6 nitrogen and oxygen atoms in total. The number of aryl methyl sites for hydroxylation is 1. The number of aromatic carboxylic acids is 1. The van der Waals surface area contributed by atoms with E-state index in [1.165, 1.54) is 0 Å². The highest BCUT2D eigenvalue weighted by atomic mass is 16.4. The molecule has 0 fully saturated rings. The lowest BCUT2D eigenvalue weighted by molar-refractivity contribution is 0.0699. The molecule has 0 spiro atoms. The summed E-state index contributed by atoms with van der Waals surface area (Å²) >= 11 is 0. The van der Waals surface area contributed by atoms with Crippen molar-refractivity contribution in [2.45, 2.75) is 19.9 Å². The molecule has 0 amide bonds. The molecule has 0 aliphatic carbocycles. The van der Waals surface area contributed by atoms with Crippen molar-refractivity contribution in [2.24, 2.45) is 0 Å². The van der Waals surface area contributed by atoms with Crippen LogP contribution in [0.1, 0.15) is 23.7 Å². The van der Waals surface area contributed by atoms with Crippen molar-refractivity contribution >= 4 is 17.0 Å². The quantitative estimate of drug-likeness (QED) is 0.803. The van der Waals surface area contributed by atoms with Gasteiger partial charge in [0.1, 0.15) is 0 Å². The van der Waals surface area contributed by atoms with Gasteiger partial charge in [-0.2, -0.15) is 5.10 Å². The number of carboxylic acid groups (broad SMARTS) is 1. The number of aromatic amines is 1. The Morgan fingerprint density at radius 3 is 3.00 bits per heavy atom. The normalized spacial score (nSPS) is 10.8. The molecule has 2 N–H and O–H groups in total. The predicted octanol–water partition coefficient (Wildman–Crippen LogP) is 0.833. The molecule has 0 aromatic carbocycles. The monoisotopic (exact) mass is 221 g/mol. The molecule has 0 bridgehead atoms. The number of nitrogens with one attached hydrogen (secondary N) is 1. The van der Waals surface area contributed by atoms with Gasteiger partial charge >= 0.3 is 5.97 Å². The minimum Gasteiger partial charge on any atom is -0.478 e. The molecule has 2 aromatic heterocycles. The van der Waals surface area contributed by atoms with E-state index in [9.17, 15) is 9.59 Å². The maximum Gasteiger partial charge on any atom is 0.336 e. The van der Waals surface area contributed by atoms with Crippen molar-refractivity contribution in [3.05, 3.63) is 28.2 Å². The van der Waals surface area contributed by atoms with E-state index in [1.807, 2.05) is 6.92 Å². The van der Waals surface area contributed by atoms with Gasteiger partial charge in [-0.1, -0.05) is 6.92 Å². The van der Waals surface area contributed by atoms with Crippen LogP contribution in [-0.2, 0) is 6.54 Å². The van der Waals surface area contributed by atoms with Crippen LogP contribution in [0.15, 0.2) is 17.1 Å². The van der Waals surface area contributed by atoms with E-state index in [4.69, 9.17) is 5.11 Å². The predicted molar refractivity (Wildman–Crippen MR) is 57.6 cm³/mol. The second-order valence-corrected chi connectivity index (χ2v) is 3.51. The summed E-state index contributed by atoms with van der Waals surface area (Å²) in [5, 5.41) is 13.5. The molecular formula is C10H11N3O3. The number of hydrogen-bond donors (Lipinski definition) is 2. The first-order valence-corrected chi connectivity index (χ1v) is 4.95. The first-order valence-electron chi connectivity index (χ1n) is 4.95. The fraction of sp³-hybridized carbons (Fsp3) is 0.300. The number of H-pyrrole nitrogens is 1. The number of rotatable bonds is 3. The van der Waals surface area contributed by atoms with Crippen LogP contribution in [0.3, 0.4) is 0 Å². The first-order chi connectivity index (χ1) is 7.61. The van der Waals surface area contributed by atoms with Gasteiger partial charge < -0.3 is 10.1 Å². The summed E-state index contributed by atoms with van der Waals surface area (Å²) in [6, 6.07) is 1.07. The average molecular weight is 221 g/mol. The molecule has 0 atom stereocenters. The first kappa shape index (κ1) is 10.4. The van der Waals surface area contributed by atoms with Crippen LogP contribution < -0.4 is 5.56 Å². The van der Waals surface area contributed by atoms with Gasteiger partial charge in [0.25, 0.3) is 0 Å². The molecule has 84 valence electrons. The molecule has 6 heteroatoms. The summed E-state index contributed by atoms with van der Waals surface area (Å²) < 4.78 is 1.63. The van der Waals surface area contributed by atoms with E-state index in [0.29, 0.717) is 17.6 Å². The van der Waals surface area contributed by atoms with Gasteiger partial charge in [0.15, 0.2) is 5.65 Å². The standard InChI is InChI=1S/C10H11N3O3/c1-2-3-13-5-7-6(10(15)16)4-8(14)11-9(7)12-13/h4-5H,2-3H2,1H3,(H,15,16)(H,11,12,14). The second kappa shape index (κ2) is 3.80. The number of pyridine rings is 1. The van der Waals surface area contributed by atoms with E-state index >= 15 is 0 Å². The maximum absolute atomic E-state index is 11.2. The van der Waals surface area contributed by atoms with Crippen LogP contribution in [0.5, 0.6) is 0 Å². The van der Waals surface area contributed by atoms with Crippen molar-refractivity contribution in [3.8, 4) is 0 Å². The van der Waals surface area contributed by atoms with E-state index < -0.39 is 11.5 Å². The van der Waals surface area contributed by atoms with Crippen molar-refractivity contribution in [3.63, 3.8) is 0 Å². The smallest absolute Gasteiger partial charge is 0.336 e. The minimum atomic E-state index is -1.12. The lowest BCUT2D eigenvalue weighted by atomic mass is 10.2. The van der Waals surface area contributed by atoms with Crippen LogP contribution >= 0.6 is 0 Å². The van der Waals surface area contributed by atoms with Gasteiger partial charge in [0, 0.05) is 18.8 Å². The molecule has 16 heavy (non-hydrogen) atoms. The van der Waals surface area contributed by atoms with Crippen LogP contribution in [0, 0.1) is 0 Å². The lowest BCUT2D eigenvalue weighted by Gasteiger charge is -1.93. The Morgan fingerprint density at radius 1 is 1.62 bits per heavy atom. The zero-order valence-electron chi connectivity index (χ0n) is 8.73. The molecule has 0 radical (unpaired) electrons. The largest absolute Gasteiger partial charge is 0.478 e. The Balaban J connectivity index is 2.70. The van der Waals surface area contributed by atoms with E-state index in [-0.39, 0.29) is 5.56 Å². The topological polar surface area (TPSA) is 88.0 Å². The Hall–Kier alpha value is -2.11. The Labute approximate surface area is 90.5 Å². The van der Waals surface area contributed by atoms with E-state index in [2.05, 4.69) is 10.1 Å². The molecule has 0 saturated carbocycles. The molecular weight excluding hydrogens is 210 g/mol. The van der Waals surface area contributed by atoms with Gasteiger partial charge in [-0.05, 0) is 6.42 Å². The number of hydrogen-bond acceptors (Lipinski definition) is 3. The summed E-state index contributed by atoms with van der Waals surface area (Å²) in [6.45, 7) is 2.68. The third-order valence-corrected chi connectivity index (χ3v) is 2.25. The SMILES string of the molecule is CCCn1cc2c(C(=O)O)cc(=O)[nH]c2n1. The van der Waals surface area contributed by atoms with E-state index in [1.54, 1.807) is 10.9 Å². The third kappa shape index (κ3) is 1.69. The van der Waals surface area contributed by atoms with Gasteiger partial charge in [-0.15, -0.1) is 0 Å². The fourth-order valence-electron chi connectivity index (χ4n) is 1.59. The minimum absolute atomic E-state index is 0.0129. The van der Waals surface area contributed by atoms with Gasteiger partial charge in [0.2, 0.25) is 5.56 Å². The highest BCUT2D eigenvalue weighted by Gasteiger charge is 2.13. The third-order valence-electron chi connectivity index (χ3n) is 2.25. The van der Waals surface area contributed by atoms with Crippen LogP contribution in [0.25, 0.3) is 11.0 Å². The summed E-state index contributed by atoms with van der Waals surface area (Å²) in [7, 11) is 0. The molecule has 0 aliphatic heterocycles. The Bertz CT molecular complexity index is 597. The summed E-state index contributed by atoms with van der Waals surface area (Å²) in [5.74, 6) is -1.12. The van der Waals surface area contributed by atoms with Crippen molar-refractivity contribution < 1.29 is 9.90 Å². The van der Waals surface area contributed by atoms with Crippen LogP contribution in [0.4, 0.5) is 0 Å². The fourth-order valence-corrected chi connectivity index (χ4v) is 1.59. The van der Waals surface area contributed by atoms with E-state index in [0.717, 1.165) is 12.5 Å². The maximum atomic E-state index is 11.2. The number of aromatic nitrogens is 3. The average Bonchev–Trinajstić information content (AvgIpc) is 2.59. The number of carboxylic acids is 1. The molecule has 0 aliphatic rings. The highest BCUT2D eigenvalue weighted by molar-refractivity contribution is 6.01. The summed E-state index contributed by atoms with van der Waals surface area (Å²) in [5.41, 5.74) is -0.147. The van der Waals surface area contributed by atoms with Crippen LogP contribution in [-0.4, -0.2) is 25.8 Å².